The van der Waals surface area contributed by atoms with Crippen molar-refractivity contribution >= 4 is 5.97 Å². The summed E-state index contributed by atoms with van der Waals surface area (Å²) in [5.74, 6) is -0.954. The predicted molar refractivity (Wildman–Crippen MR) is 64.1 cm³/mol. The van der Waals surface area contributed by atoms with E-state index in [9.17, 15) is 13.6 Å². The van der Waals surface area contributed by atoms with Gasteiger partial charge in [-0.1, -0.05) is 18.2 Å². The number of nitrogens with zero attached hydrogens (tertiary/aromatic N) is 1. The van der Waals surface area contributed by atoms with Gasteiger partial charge in [0.2, 0.25) is 0 Å². The van der Waals surface area contributed by atoms with Crippen molar-refractivity contribution in [1.82, 2.24) is 4.90 Å². The highest BCUT2D eigenvalue weighted by Gasteiger charge is 2.29. The van der Waals surface area contributed by atoms with E-state index in [0.717, 1.165) is 0 Å². The van der Waals surface area contributed by atoms with Crippen LogP contribution in [0.1, 0.15) is 17.6 Å². The van der Waals surface area contributed by atoms with Gasteiger partial charge in [-0.05, 0) is 11.6 Å². The van der Waals surface area contributed by atoms with Crippen LogP contribution in [0.5, 0.6) is 0 Å². The van der Waals surface area contributed by atoms with E-state index >= 15 is 0 Å². The van der Waals surface area contributed by atoms with Crippen molar-refractivity contribution in [1.29, 1.82) is 0 Å². The van der Waals surface area contributed by atoms with Gasteiger partial charge in [-0.2, -0.15) is 0 Å². The number of morpholine rings is 1. The Hall–Kier alpha value is -1.53. The van der Waals surface area contributed by atoms with Crippen LogP contribution in [0.15, 0.2) is 24.3 Å². The maximum atomic E-state index is 12.6. The van der Waals surface area contributed by atoms with E-state index < -0.39 is 18.4 Å². The third-order valence-electron chi connectivity index (χ3n) is 3.11. The zero-order valence-electron chi connectivity index (χ0n) is 10.3. The van der Waals surface area contributed by atoms with E-state index in [-0.39, 0.29) is 12.2 Å². The van der Waals surface area contributed by atoms with Gasteiger partial charge in [0.05, 0.1) is 13.2 Å². The third kappa shape index (κ3) is 3.48. The van der Waals surface area contributed by atoms with Gasteiger partial charge >= 0.3 is 5.97 Å². The zero-order valence-corrected chi connectivity index (χ0v) is 10.3. The Morgan fingerprint density at radius 2 is 2.32 bits per heavy atom. The van der Waals surface area contributed by atoms with Gasteiger partial charge < -0.3 is 9.84 Å². The summed E-state index contributed by atoms with van der Waals surface area (Å²) in [6, 6.07) is 5.35. The zero-order chi connectivity index (χ0) is 13.8. The average Bonchev–Trinajstić information content (AvgIpc) is 2.39. The van der Waals surface area contributed by atoms with Crippen LogP contribution in [0.3, 0.4) is 0 Å². The Morgan fingerprint density at radius 1 is 1.53 bits per heavy atom. The molecule has 0 radical (unpaired) electrons. The molecule has 1 aliphatic rings. The van der Waals surface area contributed by atoms with Crippen LogP contribution < -0.4 is 0 Å². The molecule has 1 aliphatic heterocycles. The molecule has 0 spiro atoms. The van der Waals surface area contributed by atoms with Crippen molar-refractivity contribution in [3.05, 3.63) is 35.4 Å². The number of aliphatic carboxylic acids is 1. The number of benzene rings is 1. The summed E-state index contributed by atoms with van der Waals surface area (Å²) in [6.45, 7) is 1.40. The highest BCUT2D eigenvalue weighted by molar-refractivity contribution is 5.73. The Morgan fingerprint density at radius 3 is 3.00 bits per heavy atom. The number of rotatable bonds is 4. The SMILES string of the molecule is O=C(O)C1COCCN1Cc1cccc(C(F)F)c1. The minimum absolute atomic E-state index is 0.0439. The van der Waals surface area contributed by atoms with Crippen molar-refractivity contribution in [2.24, 2.45) is 0 Å². The summed E-state index contributed by atoms with van der Waals surface area (Å²) >= 11 is 0. The molecule has 1 N–H and O–H groups in total. The van der Waals surface area contributed by atoms with Gasteiger partial charge in [-0.15, -0.1) is 0 Å². The van der Waals surface area contributed by atoms with Crippen LogP contribution in [-0.4, -0.2) is 41.8 Å². The topological polar surface area (TPSA) is 49.8 Å². The summed E-state index contributed by atoms with van der Waals surface area (Å²) in [5.41, 5.74) is 0.642. The maximum absolute atomic E-state index is 12.6. The largest absolute Gasteiger partial charge is 0.480 e. The summed E-state index contributed by atoms with van der Waals surface area (Å²) in [4.78, 5) is 12.8. The number of hydrogen-bond acceptors (Lipinski definition) is 3. The number of ether oxygens (including phenoxy) is 1. The molecule has 1 fully saturated rings. The number of carbonyl (C=O) groups is 1. The molecule has 1 unspecified atom stereocenters. The molecule has 1 saturated heterocycles. The highest BCUT2D eigenvalue weighted by atomic mass is 19.3. The summed E-state index contributed by atoms with van der Waals surface area (Å²) < 4.78 is 30.3. The first-order valence-electron chi connectivity index (χ1n) is 5.99. The average molecular weight is 271 g/mol. The van der Waals surface area contributed by atoms with E-state index in [1.54, 1.807) is 17.0 Å². The van der Waals surface area contributed by atoms with Gasteiger partial charge in [0, 0.05) is 18.7 Å². The molecule has 0 amide bonds. The lowest BCUT2D eigenvalue weighted by molar-refractivity contribution is -0.150. The number of carboxylic acids is 1. The molecule has 19 heavy (non-hydrogen) atoms. The molecule has 1 aromatic carbocycles. The quantitative estimate of drug-likeness (QED) is 0.908. The normalized spacial score (nSPS) is 20.7. The van der Waals surface area contributed by atoms with Gasteiger partial charge in [0.15, 0.2) is 0 Å². The maximum Gasteiger partial charge on any atom is 0.323 e. The molecule has 0 bridgehead atoms. The van der Waals surface area contributed by atoms with Crippen LogP contribution in [0.4, 0.5) is 8.78 Å². The number of alkyl halides is 2. The third-order valence-corrected chi connectivity index (χ3v) is 3.11. The number of halogens is 2. The summed E-state index contributed by atoms with van der Waals surface area (Å²) in [7, 11) is 0. The minimum Gasteiger partial charge on any atom is -0.480 e. The molecule has 2 rings (SSSR count). The van der Waals surface area contributed by atoms with Crippen molar-refractivity contribution < 1.29 is 23.4 Å². The van der Waals surface area contributed by atoms with E-state index in [1.165, 1.54) is 12.1 Å². The van der Waals surface area contributed by atoms with Crippen LogP contribution in [0.2, 0.25) is 0 Å². The van der Waals surface area contributed by atoms with Crippen molar-refractivity contribution in [3.8, 4) is 0 Å². The molecular formula is C13H15F2NO3. The fourth-order valence-corrected chi connectivity index (χ4v) is 2.12. The first-order chi connectivity index (χ1) is 9.08. The Labute approximate surface area is 109 Å². The molecule has 1 atom stereocenters. The van der Waals surface area contributed by atoms with Crippen LogP contribution in [-0.2, 0) is 16.1 Å². The van der Waals surface area contributed by atoms with Crippen molar-refractivity contribution in [2.75, 3.05) is 19.8 Å². The monoisotopic (exact) mass is 271 g/mol. The van der Waals surface area contributed by atoms with E-state index in [2.05, 4.69) is 0 Å². The van der Waals surface area contributed by atoms with E-state index in [0.29, 0.717) is 25.3 Å². The lowest BCUT2D eigenvalue weighted by atomic mass is 10.1. The predicted octanol–water partition coefficient (Wildman–Crippen LogP) is 1.91. The van der Waals surface area contributed by atoms with E-state index in [4.69, 9.17) is 9.84 Å². The number of hydrogen-bond donors (Lipinski definition) is 1. The molecule has 104 valence electrons. The van der Waals surface area contributed by atoms with Crippen LogP contribution in [0, 0.1) is 0 Å². The fourth-order valence-electron chi connectivity index (χ4n) is 2.12. The minimum atomic E-state index is -2.51. The summed E-state index contributed by atoms with van der Waals surface area (Å²) in [5, 5.41) is 9.09. The van der Waals surface area contributed by atoms with Gasteiger partial charge in [0.1, 0.15) is 6.04 Å². The Kier molecular flexibility index (Phi) is 4.44. The second kappa shape index (κ2) is 6.08. The molecule has 0 aromatic heterocycles. The highest BCUT2D eigenvalue weighted by Crippen LogP contribution is 2.21. The Balaban J connectivity index is 2.10. The van der Waals surface area contributed by atoms with Crippen LogP contribution >= 0.6 is 0 Å². The first kappa shape index (κ1) is 13.9. The van der Waals surface area contributed by atoms with E-state index in [1.807, 2.05) is 0 Å². The smallest absolute Gasteiger partial charge is 0.323 e. The van der Waals surface area contributed by atoms with Gasteiger partial charge in [-0.3, -0.25) is 9.69 Å². The second-order valence-electron chi connectivity index (χ2n) is 4.45. The van der Waals surface area contributed by atoms with Crippen molar-refractivity contribution in [3.63, 3.8) is 0 Å². The molecule has 6 heteroatoms. The van der Waals surface area contributed by atoms with Gasteiger partial charge in [-0.25, -0.2) is 8.78 Å². The Bertz CT molecular complexity index is 453. The molecule has 0 aliphatic carbocycles. The lowest BCUT2D eigenvalue weighted by Crippen LogP contribution is -2.49. The fraction of sp³-hybridized carbons (Fsp3) is 0.462. The molecule has 4 nitrogen and oxygen atoms in total. The van der Waals surface area contributed by atoms with Crippen molar-refractivity contribution in [2.45, 2.75) is 19.0 Å². The molecule has 1 heterocycles. The summed E-state index contributed by atoms with van der Waals surface area (Å²) in [6.07, 6.45) is -2.51. The lowest BCUT2D eigenvalue weighted by Gasteiger charge is -2.32. The molecular weight excluding hydrogens is 256 g/mol. The van der Waals surface area contributed by atoms with Gasteiger partial charge in [0.25, 0.3) is 6.43 Å². The number of carboxylic acid groups (broad SMARTS) is 1. The molecule has 0 saturated carbocycles. The standard InChI is InChI=1S/C13H15F2NO3/c14-12(15)10-3-1-2-9(6-10)7-16-4-5-19-8-11(16)13(17)18/h1-3,6,11-12H,4-5,7-8H2,(H,17,18). The van der Waals surface area contributed by atoms with Crippen LogP contribution in [0.25, 0.3) is 0 Å². The first-order valence-corrected chi connectivity index (χ1v) is 5.99. The second-order valence-corrected chi connectivity index (χ2v) is 4.45. The molecule has 1 aromatic rings.